The molecule has 222 valence electrons. The second kappa shape index (κ2) is 14.1. The third-order valence-electron chi connectivity index (χ3n) is 7.93. The summed E-state index contributed by atoms with van der Waals surface area (Å²) in [5.41, 5.74) is 1.94. The van der Waals surface area contributed by atoms with E-state index in [-0.39, 0.29) is 42.4 Å². The van der Waals surface area contributed by atoms with Crippen LogP contribution in [0.1, 0.15) is 82.1 Å². The number of rotatable bonds is 8. The molecule has 0 radical (unpaired) electrons. The number of carbonyl (C=O) groups is 3. The smallest absolute Gasteiger partial charge is 0.318 e. The normalized spacial score (nSPS) is 18.3. The van der Waals surface area contributed by atoms with E-state index in [1.807, 2.05) is 52.0 Å². The van der Waals surface area contributed by atoms with Crippen molar-refractivity contribution in [2.24, 2.45) is 5.92 Å². The Hall–Kier alpha value is -3.26. The number of hydrogen-bond acceptors (Lipinski definition) is 4. The van der Waals surface area contributed by atoms with Gasteiger partial charge in [-0.2, -0.15) is 0 Å². The zero-order chi connectivity index (χ0) is 29.5. The number of carbonyl (C=O) groups excluding carboxylic acids is 3. The van der Waals surface area contributed by atoms with E-state index < -0.39 is 6.04 Å². The molecule has 4 rings (SSSR count). The molecule has 0 bridgehead atoms. The topological polar surface area (TPSA) is 91.0 Å². The summed E-state index contributed by atoms with van der Waals surface area (Å²) < 4.78 is 5.67. The van der Waals surface area contributed by atoms with Gasteiger partial charge < -0.3 is 25.2 Å². The average molecular weight is 583 g/mol. The number of fused-ring (bicyclic) bond motifs is 1. The number of amides is 4. The van der Waals surface area contributed by atoms with Gasteiger partial charge in [-0.1, -0.05) is 69.8 Å². The Bertz CT molecular complexity index is 1230. The number of hydrogen-bond donors (Lipinski definition) is 2. The van der Waals surface area contributed by atoms with Crippen molar-refractivity contribution < 1.29 is 19.1 Å². The summed E-state index contributed by atoms with van der Waals surface area (Å²) in [5, 5.41) is 6.49. The first kappa shape index (κ1) is 30.7. The number of anilines is 1. The van der Waals surface area contributed by atoms with Crippen LogP contribution in [0.15, 0.2) is 42.5 Å². The van der Waals surface area contributed by atoms with Crippen LogP contribution in [0.2, 0.25) is 5.02 Å². The van der Waals surface area contributed by atoms with Crippen molar-refractivity contribution in [3.63, 3.8) is 0 Å². The fourth-order valence-corrected chi connectivity index (χ4v) is 5.84. The van der Waals surface area contributed by atoms with Gasteiger partial charge in [-0.25, -0.2) is 4.79 Å². The number of halogens is 1. The third kappa shape index (κ3) is 7.53. The van der Waals surface area contributed by atoms with Crippen LogP contribution in [0, 0.1) is 5.92 Å². The van der Waals surface area contributed by atoms with Gasteiger partial charge in [0.05, 0.1) is 17.2 Å². The fourth-order valence-electron chi connectivity index (χ4n) is 5.59. The van der Waals surface area contributed by atoms with Crippen molar-refractivity contribution in [3.8, 4) is 5.75 Å². The molecule has 1 heterocycles. The number of ether oxygens (including phenoxy) is 1. The zero-order valence-corrected chi connectivity index (χ0v) is 25.4. The van der Waals surface area contributed by atoms with Crippen molar-refractivity contribution in [1.29, 1.82) is 0 Å². The molecular formula is C32H43ClN4O4. The lowest BCUT2D eigenvalue weighted by atomic mass is 9.94. The maximum Gasteiger partial charge on any atom is 0.318 e. The first-order chi connectivity index (χ1) is 19.7. The molecule has 4 amide bonds. The van der Waals surface area contributed by atoms with Crippen molar-refractivity contribution >= 4 is 35.1 Å². The molecule has 0 aromatic heterocycles. The van der Waals surface area contributed by atoms with Crippen molar-refractivity contribution in [2.45, 2.75) is 90.9 Å². The van der Waals surface area contributed by atoms with Crippen LogP contribution in [0.5, 0.6) is 5.75 Å². The number of benzene rings is 2. The molecule has 2 aromatic rings. The molecule has 2 aliphatic rings. The predicted octanol–water partition coefficient (Wildman–Crippen LogP) is 6.16. The second-order valence-electron chi connectivity index (χ2n) is 11.5. The minimum Gasteiger partial charge on any atom is -0.494 e. The zero-order valence-electron chi connectivity index (χ0n) is 24.6. The first-order valence-electron chi connectivity index (χ1n) is 14.9. The van der Waals surface area contributed by atoms with E-state index in [0.29, 0.717) is 29.5 Å². The van der Waals surface area contributed by atoms with Crippen molar-refractivity contribution in [3.05, 3.63) is 58.6 Å². The molecule has 41 heavy (non-hydrogen) atoms. The van der Waals surface area contributed by atoms with Crippen LogP contribution in [-0.4, -0.2) is 54.0 Å². The predicted molar refractivity (Wildman–Crippen MR) is 163 cm³/mol. The average Bonchev–Trinajstić information content (AvgIpc) is 3.11. The Morgan fingerprint density at radius 1 is 1.07 bits per heavy atom. The summed E-state index contributed by atoms with van der Waals surface area (Å²) in [5.74, 6) is 0.154. The SMILES string of the molecule is CCCOc1ccc(C(=O)N2C[C@H](C)N(C(=O)N[C@@H](C(=O)NC3CCCCC3)C(C)C)Cc3ccccc32)c(Cl)c1. The Kier molecular flexibility index (Phi) is 10.5. The van der Waals surface area contributed by atoms with Gasteiger partial charge in [0.25, 0.3) is 5.91 Å². The molecule has 8 nitrogen and oxygen atoms in total. The summed E-state index contributed by atoms with van der Waals surface area (Å²) in [6.07, 6.45) is 6.26. The van der Waals surface area contributed by atoms with E-state index in [1.165, 1.54) is 6.42 Å². The Balaban J connectivity index is 1.53. The molecule has 1 aliphatic heterocycles. The summed E-state index contributed by atoms with van der Waals surface area (Å²) >= 11 is 6.55. The lowest BCUT2D eigenvalue weighted by molar-refractivity contribution is -0.124. The highest BCUT2D eigenvalue weighted by atomic mass is 35.5. The summed E-state index contributed by atoms with van der Waals surface area (Å²) in [7, 11) is 0. The van der Waals surface area contributed by atoms with Gasteiger partial charge in [0.15, 0.2) is 0 Å². The lowest BCUT2D eigenvalue weighted by Gasteiger charge is -2.32. The lowest BCUT2D eigenvalue weighted by Crippen LogP contribution is -2.56. The highest BCUT2D eigenvalue weighted by Crippen LogP contribution is 2.31. The van der Waals surface area contributed by atoms with Gasteiger partial charge in [0.1, 0.15) is 11.8 Å². The van der Waals surface area contributed by atoms with Crippen LogP contribution in [0.3, 0.4) is 0 Å². The molecule has 2 N–H and O–H groups in total. The van der Waals surface area contributed by atoms with Crippen LogP contribution in [0.25, 0.3) is 0 Å². The highest BCUT2D eigenvalue weighted by molar-refractivity contribution is 6.34. The monoisotopic (exact) mass is 582 g/mol. The van der Waals surface area contributed by atoms with Crippen molar-refractivity contribution in [2.75, 3.05) is 18.1 Å². The van der Waals surface area contributed by atoms with E-state index in [1.54, 1.807) is 28.0 Å². The molecular weight excluding hydrogens is 540 g/mol. The van der Waals surface area contributed by atoms with Crippen LogP contribution >= 0.6 is 11.6 Å². The molecule has 2 atom stereocenters. The van der Waals surface area contributed by atoms with Gasteiger partial charge in [0, 0.05) is 30.9 Å². The van der Waals surface area contributed by atoms with Gasteiger partial charge in [-0.05, 0) is 61.9 Å². The van der Waals surface area contributed by atoms with Gasteiger partial charge in [-0.15, -0.1) is 0 Å². The molecule has 9 heteroatoms. The fraction of sp³-hybridized carbons (Fsp3) is 0.531. The molecule has 1 saturated carbocycles. The van der Waals surface area contributed by atoms with E-state index in [4.69, 9.17) is 16.3 Å². The van der Waals surface area contributed by atoms with E-state index in [2.05, 4.69) is 10.6 Å². The minimum absolute atomic E-state index is 0.0818. The third-order valence-corrected chi connectivity index (χ3v) is 8.24. The largest absolute Gasteiger partial charge is 0.494 e. The molecule has 0 spiro atoms. The number of nitrogens with one attached hydrogen (secondary N) is 2. The van der Waals surface area contributed by atoms with Gasteiger partial charge in [-0.3, -0.25) is 9.59 Å². The first-order valence-corrected chi connectivity index (χ1v) is 15.3. The molecule has 0 saturated heterocycles. The van der Waals surface area contributed by atoms with E-state index >= 15 is 0 Å². The molecule has 0 unspecified atom stereocenters. The minimum atomic E-state index is -0.653. The molecule has 1 aliphatic carbocycles. The number of nitrogens with zero attached hydrogens (tertiary/aromatic N) is 2. The summed E-state index contributed by atoms with van der Waals surface area (Å²) in [4.78, 5) is 44.2. The Morgan fingerprint density at radius 2 is 1.80 bits per heavy atom. The standard InChI is InChI=1S/C32H43ClN4O4/c1-5-17-41-25-15-16-26(27(33)18-25)31(39)37-19-22(4)36(20-23-11-9-10-14-28(23)37)32(40)35-29(21(2)3)30(38)34-24-12-7-6-8-13-24/h9-11,14-16,18,21-22,24,29H,5-8,12-13,17,19-20H2,1-4H3,(H,34,38)(H,35,40)/t22-,29+/m0/s1. The highest BCUT2D eigenvalue weighted by Gasteiger charge is 2.34. The number of para-hydroxylation sites is 1. The van der Waals surface area contributed by atoms with Gasteiger partial charge in [0.2, 0.25) is 5.91 Å². The Morgan fingerprint density at radius 3 is 2.49 bits per heavy atom. The van der Waals surface area contributed by atoms with Crippen LogP contribution in [-0.2, 0) is 11.3 Å². The quantitative estimate of drug-likeness (QED) is 0.390. The summed E-state index contributed by atoms with van der Waals surface area (Å²) in [6, 6.07) is 11.6. The Labute approximate surface area is 248 Å². The maximum absolute atomic E-state index is 13.9. The van der Waals surface area contributed by atoms with E-state index in [9.17, 15) is 14.4 Å². The van der Waals surface area contributed by atoms with Crippen molar-refractivity contribution in [1.82, 2.24) is 15.5 Å². The summed E-state index contributed by atoms with van der Waals surface area (Å²) in [6.45, 7) is 8.97. The molecule has 2 aromatic carbocycles. The second-order valence-corrected chi connectivity index (χ2v) is 11.9. The number of urea groups is 1. The van der Waals surface area contributed by atoms with Crippen LogP contribution < -0.4 is 20.3 Å². The maximum atomic E-state index is 13.9. The molecule has 1 fully saturated rings. The van der Waals surface area contributed by atoms with Gasteiger partial charge >= 0.3 is 6.03 Å². The van der Waals surface area contributed by atoms with Crippen LogP contribution in [0.4, 0.5) is 10.5 Å². The van der Waals surface area contributed by atoms with E-state index in [0.717, 1.165) is 43.4 Å².